The molecule has 14 heavy (non-hydrogen) atoms. The summed E-state index contributed by atoms with van der Waals surface area (Å²) in [5.41, 5.74) is 6.67. The molecule has 1 amide bonds. The average Bonchev–Trinajstić information content (AvgIpc) is 2.46. The fourth-order valence-corrected chi connectivity index (χ4v) is 0.983. The lowest BCUT2D eigenvalue weighted by molar-refractivity contribution is 0.0945. The number of carbonyl (C=O) groups is 1. The van der Waals surface area contributed by atoms with Gasteiger partial charge >= 0.3 is 0 Å². The van der Waals surface area contributed by atoms with Crippen LogP contribution in [0.3, 0.4) is 0 Å². The molecule has 78 valence electrons. The Labute approximate surface area is 83.1 Å². The maximum Gasteiger partial charge on any atom is 0.254 e. The first-order valence-corrected chi connectivity index (χ1v) is 4.47. The van der Waals surface area contributed by atoms with Gasteiger partial charge in [-0.05, 0) is 20.8 Å². The molecule has 1 aromatic rings. The molecule has 1 heterocycles. The van der Waals surface area contributed by atoms with E-state index in [1.807, 2.05) is 13.8 Å². The third-order valence-corrected chi connectivity index (χ3v) is 1.78. The second-order valence-corrected chi connectivity index (χ2v) is 4.08. The van der Waals surface area contributed by atoms with Crippen LogP contribution in [0.4, 0.5) is 0 Å². The Morgan fingerprint density at radius 3 is 2.79 bits per heavy atom. The van der Waals surface area contributed by atoms with E-state index in [1.165, 1.54) is 6.20 Å². The lowest BCUT2D eigenvalue weighted by Crippen LogP contribution is -2.45. The van der Waals surface area contributed by atoms with E-state index in [2.05, 4.69) is 15.5 Å². The number of nitrogens with one attached hydrogen (secondary N) is 2. The van der Waals surface area contributed by atoms with E-state index in [4.69, 9.17) is 5.73 Å². The molecule has 1 aromatic heterocycles. The topological polar surface area (TPSA) is 83.8 Å². The Kier molecular flexibility index (Phi) is 2.90. The lowest BCUT2D eigenvalue weighted by Gasteiger charge is -2.18. The van der Waals surface area contributed by atoms with Gasteiger partial charge in [0, 0.05) is 17.8 Å². The number of aromatic nitrogens is 2. The number of nitrogens with two attached hydrogens (primary N) is 1. The van der Waals surface area contributed by atoms with Gasteiger partial charge in [0.05, 0.1) is 11.8 Å². The van der Waals surface area contributed by atoms with Crippen LogP contribution in [0, 0.1) is 6.92 Å². The highest BCUT2D eigenvalue weighted by Gasteiger charge is 2.15. The fourth-order valence-electron chi connectivity index (χ4n) is 0.983. The summed E-state index contributed by atoms with van der Waals surface area (Å²) in [6.07, 6.45) is 1.51. The molecule has 0 radical (unpaired) electrons. The first-order chi connectivity index (χ1) is 6.40. The molecule has 0 spiro atoms. The Hall–Kier alpha value is -1.36. The molecule has 0 bridgehead atoms. The van der Waals surface area contributed by atoms with Gasteiger partial charge in [0.15, 0.2) is 0 Å². The van der Waals surface area contributed by atoms with Crippen molar-refractivity contribution in [2.24, 2.45) is 5.73 Å². The molecule has 1 rings (SSSR count). The van der Waals surface area contributed by atoms with Gasteiger partial charge in [0.25, 0.3) is 5.91 Å². The van der Waals surface area contributed by atoms with Crippen LogP contribution < -0.4 is 11.1 Å². The number of aryl methyl sites for hydroxylation is 1. The molecule has 0 saturated carbocycles. The summed E-state index contributed by atoms with van der Waals surface area (Å²) in [5.74, 6) is -0.144. The van der Waals surface area contributed by atoms with Crippen molar-refractivity contribution in [1.82, 2.24) is 15.5 Å². The van der Waals surface area contributed by atoms with Crippen LogP contribution in [0.15, 0.2) is 6.20 Å². The summed E-state index contributed by atoms with van der Waals surface area (Å²) in [4.78, 5) is 11.5. The summed E-state index contributed by atoms with van der Waals surface area (Å²) in [5, 5.41) is 9.22. The van der Waals surface area contributed by atoms with Crippen molar-refractivity contribution in [2.75, 3.05) is 6.54 Å². The van der Waals surface area contributed by atoms with Crippen molar-refractivity contribution >= 4 is 5.91 Å². The van der Waals surface area contributed by atoms with Crippen molar-refractivity contribution in [1.29, 1.82) is 0 Å². The molecular formula is C9H16N4O. The zero-order valence-electron chi connectivity index (χ0n) is 8.72. The van der Waals surface area contributed by atoms with Gasteiger partial charge in [-0.3, -0.25) is 9.89 Å². The highest BCUT2D eigenvalue weighted by Crippen LogP contribution is 2.02. The lowest BCUT2D eigenvalue weighted by atomic mass is 10.1. The summed E-state index contributed by atoms with van der Waals surface area (Å²) in [7, 11) is 0. The van der Waals surface area contributed by atoms with Crippen LogP contribution in [0.25, 0.3) is 0 Å². The van der Waals surface area contributed by atoms with Gasteiger partial charge in [0.2, 0.25) is 0 Å². The van der Waals surface area contributed by atoms with Crippen LogP contribution in [0.5, 0.6) is 0 Å². The number of H-pyrrole nitrogens is 1. The van der Waals surface area contributed by atoms with Gasteiger partial charge in [0.1, 0.15) is 0 Å². The number of carbonyl (C=O) groups excluding carboxylic acids is 1. The normalized spacial score (nSPS) is 11.4. The van der Waals surface area contributed by atoms with Crippen molar-refractivity contribution in [3.05, 3.63) is 17.5 Å². The van der Waals surface area contributed by atoms with E-state index in [9.17, 15) is 4.79 Å². The molecule has 0 unspecified atom stereocenters. The first kappa shape index (κ1) is 10.7. The minimum absolute atomic E-state index is 0.144. The Morgan fingerprint density at radius 2 is 2.36 bits per heavy atom. The standard InChI is InChI=1S/C9H16N4O/c1-6-7(4-12-13-6)8(14)11-5-9(2,3)10/h4H,5,10H2,1-3H3,(H,11,14)(H,12,13). The highest BCUT2D eigenvalue weighted by atomic mass is 16.1. The van der Waals surface area contributed by atoms with Crippen molar-refractivity contribution in [2.45, 2.75) is 26.3 Å². The maximum absolute atomic E-state index is 11.5. The quantitative estimate of drug-likeness (QED) is 0.645. The van der Waals surface area contributed by atoms with Gasteiger partial charge in [-0.15, -0.1) is 0 Å². The van der Waals surface area contributed by atoms with Gasteiger partial charge in [-0.25, -0.2) is 0 Å². The van der Waals surface area contributed by atoms with E-state index in [0.717, 1.165) is 5.69 Å². The smallest absolute Gasteiger partial charge is 0.254 e. The van der Waals surface area contributed by atoms with E-state index < -0.39 is 5.54 Å². The monoisotopic (exact) mass is 196 g/mol. The Bertz CT molecular complexity index is 324. The molecule has 0 aromatic carbocycles. The van der Waals surface area contributed by atoms with E-state index in [-0.39, 0.29) is 5.91 Å². The second-order valence-electron chi connectivity index (χ2n) is 4.08. The van der Waals surface area contributed by atoms with Crippen molar-refractivity contribution in [3.8, 4) is 0 Å². The molecule has 4 N–H and O–H groups in total. The summed E-state index contributed by atoms with van der Waals surface area (Å²) >= 11 is 0. The molecule has 0 atom stereocenters. The fraction of sp³-hybridized carbons (Fsp3) is 0.556. The minimum Gasteiger partial charge on any atom is -0.350 e. The summed E-state index contributed by atoms with van der Waals surface area (Å²) in [6, 6.07) is 0. The molecular weight excluding hydrogens is 180 g/mol. The van der Waals surface area contributed by atoms with E-state index in [1.54, 1.807) is 6.92 Å². The van der Waals surface area contributed by atoms with Gasteiger partial charge in [-0.2, -0.15) is 5.10 Å². The van der Waals surface area contributed by atoms with Crippen LogP contribution in [0.2, 0.25) is 0 Å². The third kappa shape index (κ3) is 2.85. The second kappa shape index (κ2) is 3.79. The number of rotatable bonds is 3. The number of nitrogens with zero attached hydrogens (tertiary/aromatic N) is 1. The maximum atomic E-state index is 11.5. The Balaban J connectivity index is 2.56. The number of aromatic amines is 1. The van der Waals surface area contributed by atoms with E-state index in [0.29, 0.717) is 12.1 Å². The van der Waals surface area contributed by atoms with Crippen LogP contribution in [-0.4, -0.2) is 28.2 Å². The van der Waals surface area contributed by atoms with Crippen LogP contribution in [-0.2, 0) is 0 Å². The van der Waals surface area contributed by atoms with Gasteiger partial charge < -0.3 is 11.1 Å². The number of hydrogen-bond donors (Lipinski definition) is 3. The molecule has 0 saturated heterocycles. The predicted molar refractivity (Wildman–Crippen MR) is 53.9 cm³/mol. The average molecular weight is 196 g/mol. The number of amides is 1. The minimum atomic E-state index is -0.396. The molecule has 5 nitrogen and oxygen atoms in total. The van der Waals surface area contributed by atoms with E-state index >= 15 is 0 Å². The Morgan fingerprint density at radius 1 is 1.71 bits per heavy atom. The molecule has 0 aliphatic carbocycles. The zero-order chi connectivity index (χ0) is 10.8. The highest BCUT2D eigenvalue weighted by molar-refractivity contribution is 5.94. The summed E-state index contributed by atoms with van der Waals surface area (Å²) < 4.78 is 0. The third-order valence-electron chi connectivity index (χ3n) is 1.78. The molecule has 0 aliphatic rings. The van der Waals surface area contributed by atoms with Crippen LogP contribution >= 0.6 is 0 Å². The first-order valence-electron chi connectivity index (χ1n) is 4.47. The predicted octanol–water partition coefficient (Wildman–Crippen LogP) is 0.185. The van der Waals surface area contributed by atoms with Gasteiger partial charge in [-0.1, -0.05) is 0 Å². The number of hydrogen-bond acceptors (Lipinski definition) is 3. The van der Waals surface area contributed by atoms with Crippen molar-refractivity contribution in [3.63, 3.8) is 0 Å². The molecule has 0 fully saturated rings. The molecule has 5 heteroatoms. The summed E-state index contributed by atoms with van der Waals surface area (Å²) in [6.45, 7) is 5.96. The molecule has 0 aliphatic heterocycles. The van der Waals surface area contributed by atoms with Crippen molar-refractivity contribution < 1.29 is 4.79 Å². The van der Waals surface area contributed by atoms with Crippen LogP contribution in [0.1, 0.15) is 29.9 Å². The zero-order valence-corrected chi connectivity index (χ0v) is 8.72. The SMILES string of the molecule is Cc1[nH]ncc1C(=O)NCC(C)(C)N. The largest absolute Gasteiger partial charge is 0.350 e.